The first-order chi connectivity index (χ1) is 13.9. The van der Waals surface area contributed by atoms with E-state index in [0.717, 1.165) is 4.90 Å². The van der Waals surface area contributed by atoms with Gasteiger partial charge in [-0.25, -0.2) is 0 Å². The summed E-state index contributed by atoms with van der Waals surface area (Å²) in [6.45, 7) is -1.39. The van der Waals surface area contributed by atoms with Gasteiger partial charge in [0.05, 0.1) is 23.8 Å². The average Bonchev–Trinajstić information content (AvgIpc) is 2.97. The number of para-hydroxylation sites is 1. The largest absolute Gasteiger partial charge is 0.496 e. The maximum Gasteiger partial charge on any atom is 0.326 e. The van der Waals surface area contributed by atoms with Crippen molar-refractivity contribution in [3.8, 4) is 5.75 Å². The lowest BCUT2D eigenvalue weighted by Gasteiger charge is -2.13. The minimum Gasteiger partial charge on any atom is -0.496 e. The molecule has 1 aliphatic heterocycles. The van der Waals surface area contributed by atoms with Gasteiger partial charge in [-0.3, -0.25) is 34.2 Å². The van der Waals surface area contributed by atoms with Crippen LogP contribution in [0.15, 0.2) is 48.5 Å². The van der Waals surface area contributed by atoms with Crippen LogP contribution in [0.25, 0.3) is 0 Å². The van der Waals surface area contributed by atoms with Crippen molar-refractivity contribution in [2.24, 2.45) is 0 Å². The van der Waals surface area contributed by atoms with Gasteiger partial charge in [-0.1, -0.05) is 24.3 Å². The quantitative estimate of drug-likeness (QED) is 0.566. The first kappa shape index (κ1) is 19.7. The molecule has 0 bridgehead atoms. The number of rotatable bonds is 6. The van der Waals surface area contributed by atoms with Crippen molar-refractivity contribution in [3.05, 3.63) is 65.2 Å². The number of carbonyl (C=O) groups excluding carboxylic acids is 5. The van der Waals surface area contributed by atoms with Crippen LogP contribution in [0.4, 0.5) is 0 Å². The number of benzene rings is 2. The summed E-state index contributed by atoms with van der Waals surface area (Å²) in [5, 5.41) is 2.07. The third-order valence-corrected chi connectivity index (χ3v) is 4.13. The number of carbonyl (C=O) groups is 5. The number of amides is 4. The van der Waals surface area contributed by atoms with E-state index in [2.05, 4.69) is 5.32 Å². The van der Waals surface area contributed by atoms with Crippen molar-refractivity contribution >= 4 is 29.6 Å². The van der Waals surface area contributed by atoms with E-state index in [4.69, 9.17) is 9.47 Å². The Labute approximate surface area is 165 Å². The van der Waals surface area contributed by atoms with Gasteiger partial charge in [0.1, 0.15) is 12.3 Å². The summed E-state index contributed by atoms with van der Waals surface area (Å²) in [4.78, 5) is 61.1. The fourth-order valence-corrected chi connectivity index (χ4v) is 2.77. The molecule has 2 aromatic carbocycles. The van der Waals surface area contributed by atoms with Crippen LogP contribution in [0, 0.1) is 0 Å². The molecule has 4 amide bonds. The predicted molar refractivity (Wildman–Crippen MR) is 98.2 cm³/mol. The lowest BCUT2D eigenvalue weighted by molar-refractivity contribution is -0.148. The maximum absolute atomic E-state index is 12.2. The van der Waals surface area contributed by atoms with Crippen molar-refractivity contribution in [1.82, 2.24) is 10.2 Å². The number of esters is 1. The van der Waals surface area contributed by atoms with Gasteiger partial charge < -0.3 is 9.47 Å². The number of methoxy groups -OCH3 is 1. The van der Waals surface area contributed by atoms with Crippen LogP contribution < -0.4 is 10.1 Å². The van der Waals surface area contributed by atoms with Gasteiger partial charge in [0.25, 0.3) is 23.6 Å². The maximum atomic E-state index is 12.2. The van der Waals surface area contributed by atoms with Gasteiger partial charge >= 0.3 is 5.97 Å². The zero-order chi connectivity index (χ0) is 21.0. The van der Waals surface area contributed by atoms with Gasteiger partial charge in [-0.05, 0) is 24.3 Å². The normalized spacial score (nSPS) is 12.4. The number of fused-ring (bicyclic) bond motifs is 1. The molecule has 9 nitrogen and oxygen atoms in total. The Balaban J connectivity index is 1.52. The third kappa shape index (κ3) is 4.13. The minimum atomic E-state index is -0.959. The second-order valence-corrected chi connectivity index (χ2v) is 5.98. The van der Waals surface area contributed by atoms with Gasteiger partial charge in [-0.15, -0.1) is 0 Å². The van der Waals surface area contributed by atoms with Crippen molar-refractivity contribution in [1.29, 1.82) is 0 Å². The zero-order valence-corrected chi connectivity index (χ0v) is 15.3. The molecule has 1 heterocycles. The molecule has 148 valence electrons. The second-order valence-electron chi connectivity index (χ2n) is 5.98. The van der Waals surface area contributed by atoms with E-state index >= 15 is 0 Å². The van der Waals surface area contributed by atoms with E-state index in [1.54, 1.807) is 30.3 Å². The Morgan fingerprint density at radius 3 is 2.14 bits per heavy atom. The van der Waals surface area contributed by atoms with E-state index < -0.39 is 42.7 Å². The zero-order valence-electron chi connectivity index (χ0n) is 15.3. The molecule has 0 unspecified atom stereocenters. The first-order valence-corrected chi connectivity index (χ1v) is 8.50. The molecule has 0 aliphatic carbocycles. The molecule has 0 saturated heterocycles. The van der Waals surface area contributed by atoms with Crippen LogP contribution >= 0.6 is 0 Å². The minimum absolute atomic E-state index is 0.140. The Hall–Kier alpha value is -4.01. The fraction of sp³-hybridized carbons (Fsp3) is 0.150. The number of ether oxygens (including phenoxy) is 2. The molecule has 0 saturated carbocycles. The molecule has 0 aromatic heterocycles. The van der Waals surface area contributed by atoms with Crippen LogP contribution in [-0.2, 0) is 14.3 Å². The fourth-order valence-electron chi connectivity index (χ4n) is 2.77. The van der Waals surface area contributed by atoms with E-state index in [1.807, 2.05) is 0 Å². The monoisotopic (exact) mass is 396 g/mol. The van der Waals surface area contributed by atoms with Crippen molar-refractivity contribution in [2.45, 2.75) is 0 Å². The van der Waals surface area contributed by atoms with Crippen molar-refractivity contribution in [2.75, 3.05) is 20.3 Å². The molecule has 0 fully saturated rings. The van der Waals surface area contributed by atoms with Crippen LogP contribution in [-0.4, -0.2) is 54.8 Å². The number of hydrogen-bond acceptors (Lipinski definition) is 7. The summed E-state index contributed by atoms with van der Waals surface area (Å²) in [5.41, 5.74) is 0.539. The van der Waals surface area contributed by atoms with E-state index in [9.17, 15) is 24.0 Å². The molecule has 3 rings (SSSR count). The Bertz CT molecular complexity index is 980. The van der Waals surface area contributed by atoms with E-state index in [-0.39, 0.29) is 22.4 Å². The highest BCUT2D eigenvalue weighted by molar-refractivity contribution is 6.22. The molecule has 29 heavy (non-hydrogen) atoms. The predicted octanol–water partition coefficient (Wildman–Crippen LogP) is 0.791. The van der Waals surface area contributed by atoms with Crippen molar-refractivity contribution in [3.63, 3.8) is 0 Å². The number of nitrogens with zero attached hydrogens (tertiary/aromatic N) is 1. The lowest BCUT2D eigenvalue weighted by Crippen LogP contribution is -2.38. The molecular formula is C20H16N2O7. The highest BCUT2D eigenvalue weighted by Gasteiger charge is 2.36. The van der Waals surface area contributed by atoms with E-state index in [1.165, 1.54) is 25.3 Å². The smallest absolute Gasteiger partial charge is 0.326 e. The van der Waals surface area contributed by atoms with Crippen LogP contribution in [0.3, 0.4) is 0 Å². The summed E-state index contributed by atoms with van der Waals surface area (Å²) < 4.78 is 9.81. The van der Waals surface area contributed by atoms with Crippen molar-refractivity contribution < 1.29 is 33.4 Å². The van der Waals surface area contributed by atoms with Gasteiger partial charge in [0.15, 0.2) is 6.61 Å². The number of nitrogens with one attached hydrogen (secondary N) is 1. The van der Waals surface area contributed by atoms with Crippen LogP contribution in [0.5, 0.6) is 5.75 Å². The lowest BCUT2D eigenvalue weighted by atomic mass is 10.1. The second kappa shape index (κ2) is 8.34. The molecule has 0 radical (unpaired) electrons. The van der Waals surface area contributed by atoms with Crippen LogP contribution in [0.1, 0.15) is 31.1 Å². The SMILES string of the molecule is COc1ccccc1C(=O)NC(=O)COC(=O)CN1C(=O)c2ccccc2C1=O. The summed E-state index contributed by atoms with van der Waals surface area (Å²) in [7, 11) is 1.38. The highest BCUT2D eigenvalue weighted by Crippen LogP contribution is 2.22. The highest BCUT2D eigenvalue weighted by atomic mass is 16.5. The molecule has 1 N–H and O–H groups in total. The van der Waals surface area contributed by atoms with Crippen LogP contribution in [0.2, 0.25) is 0 Å². The summed E-state index contributed by atoms with van der Waals surface area (Å²) in [5.74, 6) is -3.49. The summed E-state index contributed by atoms with van der Waals surface area (Å²) >= 11 is 0. The molecule has 9 heteroatoms. The van der Waals surface area contributed by atoms with Gasteiger partial charge in [0.2, 0.25) is 0 Å². The Kier molecular flexibility index (Phi) is 5.68. The molecular weight excluding hydrogens is 380 g/mol. The first-order valence-electron chi connectivity index (χ1n) is 8.50. The standard InChI is InChI=1S/C20H16N2O7/c1-28-15-9-5-4-8-14(15)18(25)21-16(23)11-29-17(24)10-22-19(26)12-6-2-3-7-13(12)20(22)27/h2-9H,10-11H2,1H3,(H,21,23,25). The van der Waals surface area contributed by atoms with E-state index in [0.29, 0.717) is 0 Å². The molecule has 0 atom stereocenters. The summed E-state index contributed by atoms with van der Waals surface area (Å²) in [6, 6.07) is 12.5. The molecule has 1 aliphatic rings. The Morgan fingerprint density at radius 1 is 0.931 bits per heavy atom. The summed E-state index contributed by atoms with van der Waals surface area (Å²) in [6.07, 6.45) is 0. The van der Waals surface area contributed by atoms with Gasteiger partial charge in [0, 0.05) is 0 Å². The third-order valence-electron chi connectivity index (χ3n) is 4.13. The Morgan fingerprint density at radius 2 is 1.52 bits per heavy atom. The number of imide groups is 2. The van der Waals surface area contributed by atoms with Gasteiger partial charge in [-0.2, -0.15) is 0 Å². The number of hydrogen-bond donors (Lipinski definition) is 1. The molecule has 2 aromatic rings. The molecule has 0 spiro atoms. The average molecular weight is 396 g/mol. The topological polar surface area (TPSA) is 119 Å².